The molecular weight excluding hydrogens is 531 g/mol. The zero-order valence-corrected chi connectivity index (χ0v) is 24.5. The molecule has 40 heavy (non-hydrogen) atoms. The van der Waals surface area contributed by atoms with Crippen LogP contribution in [0.15, 0.2) is 72.8 Å². The predicted octanol–water partition coefficient (Wildman–Crippen LogP) is 5.85. The number of hydrogen-bond acceptors (Lipinski definition) is 8. The number of benzene rings is 2. The zero-order valence-electron chi connectivity index (χ0n) is 23.6. The Hall–Kier alpha value is -3.19. The van der Waals surface area contributed by atoms with E-state index in [0.29, 0.717) is 49.3 Å². The maximum absolute atomic E-state index is 14.2. The van der Waals surface area contributed by atoms with E-state index in [4.69, 9.17) is 23.5 Å². The van der Waals surface area contributed by atoms with Crippen LogP contribution in [0.3, 0.4) is 0 Å². The Morgan fingerprint density at radius 2 is 1.35 bits per heavy atom. The second kappa shape index (κ2) is 15.0. The molecule has 1 aliphatic heterocycles. The Labute approximate surface area is 236 Å². The van der Waals surface area contributed by atoms with E-state index < -0.39 is 25.4 Å². The SMILES string of the molecule is C=C(C)C(=O)OC(CC)COCCCCOCC(CP1(=O)Oc2ccccc2-c2ccccc21)OC(=O)C(=C)C. The molecule has 0 radical (unpaired) electrons. The zero-order chi connectivity index (χ0) is 29.1. The first-order chi connectivity index (χ1) is 19.1. The van der Waals surface area contributed by atoms with Gasteiger partial charge in [0.1, 0.15) is 18.0 Å². The molecule has 0 spiro atoms. The Morgan fingerprint density at radius 1 is 0.825 bits per heavy atom. The van der Waals surface area contributed by atoms with Crippen molar-refractivity contribution in [1.82, 2.24) is 0 Å². The van der Waals surface area contributed by atoms with Crippen molar-refractivity contribution in [2.24, 2.45) is 0 Å². The molecule has 0 amide bonds. The average Bonchev–Trinajstić information content (AvgIpc) is 2.93. The van der Waals surface area contributed by atoms with Crippen LogP contribution >= 0.6 is 7.37 Å². The molecular formula is C31H39O8P. The van der Waals surface area contributed by atoms with E-state index >= 15 is 0 Å². The standard InChI is InChI=1S/C31H39O8P/c1-6-24(37-30(32)22(2)3)19-35-17-11-12-18-36-20-25(38-31(33)23(4)5)21-40(34)29-16-10-8-14-27(29)26-13-7-9-15-28(26)39-40/h7-10,13-16,24-25H,2,4,6,11-12,17-21H2,1,3,5H3. The second-order valence-corrected chi connectivity index (χ2v) is 12.2. The van der Waals surface area contributed by atoms with Crippen molar-refractivity contribution >= 4 is 24.6 Å². The summed E-state index contributed by atoms with van der Waals surface area (Å²) >= 11 is 0. The number of fused-ring (bicyclic) bond motifs is 3. The second-order valence-electron chi connectivity index (χ2n) is 9.84. The van der Waals surface area contributed by atoms with E-state index in [2.05, 4.69) is 13.2 Å². The van der Waals surface area contributed by atoms with E-state index in [1.54, 1.807) is 26.0 Å². The number of hydrogen-bond donors (Lipinski definition) is 0. The number of rotatable bonds is 16. The molecule has 216 valence electrons. The minimum atomic E-state index is -3.43. The van der Waals surface area contributed by atoms with Gasteiger partial charge in [0.25, 0.3) is 7.37 Å². The fourth-order valence-corrected chi connectivity index (χ4v) is 6.52. The first kappa shape index (κ1) is 31.3. The van der Waals surface area contributed by atoms with Gasteiger partial charge in [-0.3, -0.25) is 4.57 Å². The van der Waals surface area contributed by atoms with E-state index in [1.165, 1.54) is 0 Å². The Kier molecular flexibility index (Phi) is 11.7. The number of carbonyl (C=O) groups is 2. The molecule has 3 rings (SSSR count). The third kappa shape index (κ3) is 8.65. The Morgan fingerprint density at radius 3 is 1.95 bits per heavy atom. The van der Waals surface area contributed by atoms with Gasteiger partial charge in [-0.15, -0.1) is 0 Å². The summed E-state index contributed by atoms with van der Waals surface area (Å²) in [5, 5.41) is 0.599. The van der Waals surface area contributed by atoms with Crippen LogP contribution in [0, 0.1) is 0 Å². The molecule has 0 aromatic heterocycles. The van der Waals surface area contributed by atoms with Crippen molar-refractivity contribution in [1.29, 1.82) is 0 Å². The summed E-state index contributed by atoms with van der Waals surface area (Å²) in [6, 6.07) is 14.9. The van der Waals surface area contributed by atoms with Crippen LogP contribution in [0.5, 0.6) is 5.75 Å². The molecule has 2 aromatic rings. The van der Waals surface area contributed by atoms with Gasteiger partial charge in [0.2, 0.25) is 0 Å². The highest BCUT2D eigenvalue weighted by Crippen LogP contribution is 2.55. The van der Waals surface area contributed by atoms with Gasteiger partial charge in [-0.2, -0.15) is 0 Å². The fraction of sp³-hybridized carbons (Fsp3) is 0.419. The van der Waals surface area contributed by atoms with Crippen molar-refractivity contribution < 1.29 is 37.6 Å². The molecule has 0 bridgehead atoms. The quantitative estimate of drug-likeness (QED) is 0.107. The minimum Gasteiger partial charge on any atom is -0.457 e. The number of carbonyl (C=O) groups excluding carboxylic acids is 2. The number of esters is 2. The summed E-state index contributed by atoms with van der Waals surface area (Å²) < 4.78 is 42.8. The molecule has 9 heteroatoms. The molecule has 0 aliphatic carbocycles. The molecule has 0 N–H and O–H groups in total. The van der Waals surface area contributed by atoms with Gasteiger partial charge in [0.15, 0.2) is 0 Å². The molecule has 0 saturated carbocycles. The molecule has 3 atom stereocenters. The average molecular weight is 571 g/mol. The smallest absolute Gasteiger partial charge is 0.333 e. The van der Waals surface area contributed by atoms with Crippen molar-refractivity contribution in [2.75, 3.05) is 32.6 Å². The van der Waals surface area contributed by atoms with Gasteiger partial charge in [0.05, 0.1) is 24.7 Å². The predicted molar refractivity (Wildman–Crippen MR) is 155 cm³/mol. The van der Waals surface area contributed by atoms with Gasteiger partial charge in [0, 0.05) is 29.9 Å². The molecule has 3 unspecified atom stereocenters. The molecule has 2 aromatic carbocycles. The summed E-state index contributed by atoms with van der Waals surface area (Å²) in [6.07, 6.45) is 0.947. The molecule has 1 aliphatic rings. The Bertz CT molecular complexity index is 1250. The third-order valence-corrected chi connectivity index (χ3v) is 8.78. The maximum Gasteiger partial charge on any atom is 0.333 e. The first-order valence-corrected chi connectivity index (χ1v) is 15.3. The van der Waals surface area contributed by atoms with Crippen molar-refractivity contribution in [3.63, 3.8) is 0 Å². The van der Waals surface area contributed by atoms with Crippen molar-refractivity contribution in [3.05, 3.63) is 72.8 Å². The highest BCUT2D eigenvalue weighted by Gasteiger charge is 2.39. The van der Waals surface area contributed by atoms with Crippen LogP contribution in [-0.2, 0) is 33.1 Å². The summed E-state index contributed by atoms with van der Waals surface area (Å²) in [6.45, 7) is 13.6. The number of unbranched alkanes of at least 4 members (excludes halogenated alkanes) is 1. The van der Waals surface area contributed by atoms with Gasteiger partial charge in [-0.1, -0.05) is 56.5 Å². The molecule has 8 nitrogen and oxygen atoms in total. The lowest BCUT2D eigenvalue weighted by atomic mass is 10.0. The summed E-state index contributed by atoms with van der Waals surface area (Å²) in [7, 11) is -3.43. The summed E-state index contributed by atoms with van der Waals surface area (Å²) in [4.78, 5) is 24.1. The van der Waals surface area contributed by atoms with Gasteiger partial charge in [-0.25, -0.2) is 9.59 Å². The largest absolute Gasteiger partial charge is 0.457 e. The van der Waals surface area contributed by atoms with Crippen molar-refractivity contribution in [3.8, 4) is 16.9 Å². The number of ether oxygens (including phenoxy) is 4. The normalized spacial score (nSPS) is 17.0. The van der Waals surface area contributed by atoms with Crippen LogP contribution in [0.4, 0.5) is 0 Å². The van der Waals surface area contributed by atoms with Crippen LogP contribution in [0.2, 0.25) is 0 Å². The Balaban J connectivity index is 1.53. The maximum atomic E-state index is 14.2. The van der Waals surface area contributed by atoms with E-state index in [0.717, 1.165) is 17.5 Å². The van der Waals surface area contributed by atoms with Crippen LogP contribution in [0.25, 0.3) is 11.1 Å². The molecule has 0 fully saturated rings. The van der Waals surface area contributed by atoms with Crippen LogP contribution in [0.1, 0.15) is 40.0 Å². The molecule has 0 saturated heterocycles. The lowest BCUT2D eigenvalue weighted by molar-refractivity contribution is -0.148. The topological polar surface area (TPSA) is 97.4 Å². The lowest BCUT2D eigenvalue weighted by Gasteiger charge is -2.31. The van der Waals surface area contributed by atoms with Gasteiger partial charge < -0.3 is 23.5 Å². The van der Waals surface area contributed by atoms with Crippen molar-refractivity contribution in [2.45, 2.75) is 52.2 Å². The summed E-state index contributed by atoms with van der Waals surface area (Å²) in [5.74, 6) is -0.452. The number of para-hydroxylation sites is 1. The first-order valence-electron chi connectivity index (χ1n) is 13.5. The van der Waals surface area contributed by atoms with E-state index in [9.17, 15) is 14.2 Å². The van der Waals surface area contributed by atoms with Gasteiger partial charge >= 0.3 is 11.9 Å². The summed E-state index contributed by atoms with van der Waals surface area (Å²) in [5.41, 5.74) is 2.32. The minimum absolute atomic E-state index is 0.0260. The van der Waals surface area contributed by atoms with E-state index in [-0.39, 0.29) is 24.4 Å². The molecule has 1 heterocycles. The van der Waals surface area contributed by atoms with Crippen LogP contribution in [-0.4, -0.2) is 56.7 Å². The highest BCUT2D eigenvalue weighted by molar-refractivity contribution is 7.67. The van der Waals surface area contributed by atoms with Crippen LogP contribution < -0.4 is 9.83 Å². The van der Waals surface area contributed by atoms with Gasteiger partial charge in [-0.05, 0) is 50.8 Å². The fourth-order valence-electron chi connectivity index (χ4n) is 4.08. The highest BCUT2D eigenvalue weighted by atomic mass is 31.2. The lowest BCUT2D eigenvalue weighted by Crippen LogP contribution is -2.32. The van der Waals surface area contributed by atoms with E-state index in [1.807, 2.05) is 43.3 Å². The third-order valence-electron chi connectivity index (χ3n) is 6.27. The monoisotopic (exact) mass is 570 g/mol.